The molecule has 0 radical (unpaired) electrons. The normalized spacial score (nSPS) is 25.5. The fourth-order valence-corrected chi connectivity index (χ4v) is 3.23. The van der Waals surface area contributed by atoms with Gasteiger partial charge in [-0.05, 0) is 47.5 Å². The Morgan fingerprint density at radius 3 is 2.73 bits per heavy atom. The van der Waals surface area contributed by atoms with E-state index in [9.17, 15) is 4.39 Å². The van der Waals surface area contributed by atoms with Gasteiger partial charge in [-0.3, -0.25) is 4.99 Å². The van der Waals surface area contributed by atoms with E-state index in [-0.39, 0.29) is 11.9 Å². The molecule has 0 amide bonds. The Labute approximate surface area is 101 Å². The van der Waals surface area contributed by atoms with Gasteiger partial charge in [-0.1, -0.05) is 6.07 Å². The van der Waals surface area contributed by atoms with Gasteiger partial charge in [-0.15, -0.1) is 11.8 Å². The quantitative estimate of drug-likeness (QED) is 0.755. The average molecular weight is 288 g/mol. The van der Waals surface area contributed by atoms with Crippen molar-refractivity contribution in [2.45, 2.75) is 25.1 Å². The lowest BCUT2D eigenvalue weighted by atomic mass is 10.1. The lowest BCUT2D eigenvalue weighted by molar-refractivity contribution is 0.619. The first kappa shape index (κ1) is 11.1. The van der Waals surface area contributed by atoms with Gasteiger partial charge >= 0.3 is 0 Å². The van der Waals surface area contributed by atoms with Crippen LogP contribution in [0.5, 0.6) is 0 Å². The van der Waals surface area contributed by atoms with Crippen LogP contribution in [0.2, 0.25) is 0 Å². The van der Waals surface area contributed by atoms with Gasteiger partial charge < -0.3 is 0 Å². The number of thioether (sulfide) groups is 1. The fraction of sp³-hybridized carbons (Fsp3) is 0.364. The van der Waals surface area contributed by atoms with Gasteiger partial charge in [-0.2, -0.15) is 0 Å². The summed E-state index contributed by atoms with van der Waals surface area (Å²) in [4.78, 5) is 4.47. The summed E-state index contributed by atoms with van der Waals surface area (Å²) in [5.41, 5.74) is 1.13. The van der Waals surface area contributed by atoms with Gasteiger partial charge in [0.25, 0.3) is 0 Å². The molecule has 1 heterocycles. The Bertz CT molecular complexity index is 419. The van der Waals surface area contributed by atoms with Crippen molar-refractivity contribution in [2.75, 3.05) is 0 Å². The smallest absolute Gasteiger partial charge is 0.137 e. The minimum Gasteiger partial charge on any atom is -0.279 e. The first-order valence-corrected chi connectivity index (χ1v) is 6.41. The Kier molecular flexibility index (Phi) is 3.16. The van der Waals surface area contributed by atoms with E-state index in [0.717, 1.165) is 10.6 Å². The molecule has 0 bridgehead atoms. The summed E-state index contributed by atoms with van der Waals surface area (Å²) in [6.07, 6.45) is 0. The van der Waals surface area contributed by atoms with Gasteiger partial charge in [0, 0.05) is 0 Å². The largest absolute Gasteiger partial charge is 0.279 e. The molecular formula is C11H11BrFNS. The summed E-state index contributed by atoms with van der Waals surface area (Å²) in [5.74, 6) is -0.216. The maximum absolute atomic E-state index is 13.1. The van der Waals surface area contributed by atoms with Crippen molar-refractivity contribution < 1.29 is 4.39 Å². The van der Waals surface area contributed by atoms with Crippen LogP contribution in [-0.2, 0) is 0 Å². The second kappa shape index (κ2) is 4.26. The highest BCUT2D eigenvalue weighted by molar-refractivity contribution is 9.10. The molecule has 0 saturated heterocycles. The fourth-order valence-electron chi connectivity index (χ4n) is 1.70. The Morgan fingerprint density at radius 1 is 1.47 bits per heavy atom. The van der Waals surface area contributed by atoms with Crippen LogP contribution in [0, 0.1) is 5.82 Å². The predicted molar refractivity (Wildman–Crippen MR) is 67.0 cm³/mol. The zero-order valence-corrected chi connectivity index (χ0v) is 10.9. The highest BCUT2D eigenvalue weighted by Crippen LogP contribution is 2.40. The SMILES string of the molecule is CC1=N[C@H](C)C(c2ccc(F)c(Br)c2)S1. The molecule has 2 rings (SSSR count). The highest BCUT2D eigenvalue weighted by atomic mass is 79.9. The van der Waals surface area contributed by atoms with Crippen LogP contribution in [0.25, 0.3) is 0 Å². The van der Waals surface area contributed by atoms with Gasteiger partial charge in [0.15, 0.2) is 0 Å². The van der Waals surface area contributed by atoms with E-state index in [2.05, 4.69) is 27.8 Å². The predicted octanol–water partition coefficient (Wildman–Crippen LogP) is 4.18. The third-order valence-corrected chi connectivity index (χ3v) is 4.37. The molecule has 15 heavy (non-hydrogen) atoms. The van der Waals surface area contributed by atoms with Crippen molar-refractivity contribution in [1.82, 2.24) is 0 Å². The number of benzene rings is 1. The zero-order chi connectivity index (χ0) is 11.0. The van der Waals surface area contributed by atoms with Crippen LogP contribution in [-0.4, -0.2) is 11.1 Å². The molecule has 0 fully saturated rings. The number of rotatable bonds is 1. The number of nitrogens with zero attached hydrogens (tertiary/aromatic N) is 1. The number of halogens is 2. The molecule has 1 aromatic carbocycles. The molecule has 80 valence electrons. The van der Waals surface area contributed by atoms with Crippen molar-refractivity contribution in [3.05, 3.63) is 34.1 Å². The minimum atomic E-state index is -0.216. The van der Waals surface area contributed by atoms with E-state index >= 15 is 0 Å². The van der Waals surface area contributed by atoms with E-state index in [0.29, 0.717) is 9.72 Å². The molecule has 1 nitrogen and oxygen atoms in total. The molecule has 2 atom stereocenters. The third-order valence-electron chi connectivity index (χ3n) is 2.39. The van der Waals surface area contributed by atoms with Crippen molar-refractivity contribution >= 4 is 32.7 Å². The number of hydrogen-bond donors (Lipinski definition) is 0. The highest BCUT2D eigenvalue weighted by Gasteiger charge is 2.26. The summed E-state index contributed by atoms with van der Waals surface area (Å²) >= 11 is 4.95. The summed E-state index contributed by atoms with van der Waals surface area (Å²) in [6, 6.07) is 5.45. The molecule has 1 unspecified atom stereocenters. The van der Waals surface area contributed by atoms with E-state index in [1.165, 1.54) is 6.07 Å². The third kappa shape index (κ3) is 2.26. The topological polar surface area (TPSA) is 12.4 Å². The molecule has 0 spiro atoms. The molecule has 4 heteroatoms. The maximum Gasteiger partial charge on any atom is 0.137 e. The summed E-state index contributed by atoms with van der Waals surface area (Å²) in [6.45, 7) is 4.10. The standard InChI is InChI=1S/C11H11BrFNS/c1-6-11(15-7(2)14-6)8-3-4-10(13)9(12)5-8/h3-6,11H,1-2H3/t6-,11?/m1/s1. The molecule has 1 aliphatic rings. The molecule has 0 saturated carbocycles. The van der Waals surface area contributed by atoms with Crippen LogP contribution in [0.4, 0.5) is 4.39 Å². The Hall–Kier alpha value is -0.350. The molecular weight excluding hydrogens is 277 g/mol. The number of hydrogen-bond acceptors (Lipinski definition) is 2. The first-order chi connectivity index (χ1) is 7.08. The minimum absolute atomic E-state index is 0.216. The van der Waals surface area contributed by atoms with Crippen LogP contribution >= 0.6 is 27.7 Å². The van der Waals surface area contributed by atoms with Gasteiger partial charge in [0.2, 0.25) is 0 Å². The molecule has 1 aromatic rings. The van der Waals surface area contributed by atoms with Crippen LogP contribution < -0.4 is 0 Å². The van der Waals surface area contributed by atoms with Crippen LogP contribution in [0.1, 0.15) is 24.7 Å². The van der Waals surface area contributed by atoms with E-state index in [4.69, 9.17) is 0 Å². The Balaban J connectivity index is 2.28. The second-order valence-corrected chi connectivity index (χ2v) is 5.79. The van der Waals surface area contributed by atoms with E-state index < -0.39 is 0 Å². The van der Waals surface area contributed by atoms with Crippen LogP contribution in [0.3, 0.4) is 0 Å². The van der Waals surface area contributed by atoms with Crippen molar-refractivity contribution in [3.8, 4) is 0 Å². The molecule has 0 N–H and O–H groups in total. The van der Waals surface area contributed by atoms with E-state index in [1.807, 2.05) is 19.1 Å². The maximum atomic E-state index is 13.1. The first-order valence-electron chi connectivity index (χ1n) is 4.74. The van der Waals surface area contributed by atoms with Gasteiger partial charge in [0.05, 0.1) is 20.8 Å². The molecule has 0 aromatic heterocycles. The average Bonchev–Trinajstić information content (AvgIpc) is 2.50. The summed E-state index contributed by atoms with van der Waals surface area (Å²) in [5, 5.41) is 1.43. The van der Waals surface area contributed by atoms with E-state index in [1.54, 1.807) is 11.8 Å². The monoisotopic (exact) mass is 287 g/mol. The lowest BCUT2D eigenvalue weighted by Gasteiger charge is -2.13. The molecule has 0 aliphatic carbocycles. The summed E-state index contributed by atoms with van der Waals surface area (Å²) < 4.78 is 13.6. The lowest BCUT2D eigenvalue weighted by Crippen LogP contribution is -2.05. The van der Waals surface area contributed by atoms with Gasteiger partial charge in [0.1, 0.15) is 5.82 Å². The van der Waals surface area contributed by atoms with Crippen molar-refractivity contribution in [1.29, 1.82) is 0 Å². The van der Waals surface area contributed by atoms with Crippen molar-refractivity contribution in [3.63, 3.8) is 0 Å². The zero-order valence-electron chi connectivity index (χ0n) is 8.50. The molecule has 1 aliphatic heterocycles. The van der Waals surface area contributed by atoms with Crippen LogP contribution in [0.15, 0.2) is 27.7 Å². The van der Waals surface area contributed by atoms with Crippen molar-refractivity contribution in [2.24, 2.45) is 4.99 Å². The number of aliphatic imine (C=N–C) groups is 1. The van der Waals surface area contributed by atoms with Gasteiger partial charge in [-0.25, -0.2) is 4.39 Å². The Morgan fingerprint density at radius 2 is 2.20 bits per heavy atom. The summed E-state index contributed by atoms with van der Waals surface area (Å²) in [7, 11) is 0. The second-order valence-electron chi connectivity index (χ2n) is 3.60.